The summed E-state index contributed by atoms with van der Waals surface area (Å²) in [5, 5.41) is 11.7. The van der Waals surface area contributed by atoms with E-state index >= 15 is 0 Å². The molecule has 0 spiro atoms. The number of carboxylic acids is 1. The van der Waals surface area contributed by atoms with Gasteiger partial charge in [-0.2, -0.15) is 0 Å². The zero-order valence-electron chi connectivity index (χ0n) is 8.61. The summed E-state index contributed by atoms with van der Waals surface area (Å²) >= 11 is 11.5. The maximum absolute atomic E-state index is 11.4. The van der Waals surface area contributed by atoms with Crippen molar-refractivity contribution in [2.75, 3.05) is 5.32 Å². The lowest BCUT2D eigenvalue weighted by molar-refractivity contribution is -0.140. The van der Waals surface area contributed by atoms with Crippen LogP contribution in [0.4, 0.5) is 5.69 Å². The Labute approximate surface area is 108 Å². The van der Waals surface area contributed by atoms with Crippen LogP contribution in [0.25, 0.3) is 0 Å². The lowest BCUT2D eigenvalue weighted by atomic mass is 10.2. The second-order valence-electron chi connectivity index (χ2n) is 3.32. The smallest absolute Gasteiger partial charge is 0.321 e. The van der Waals surface area contributed by atoms with E-state index in [0.717, 1.165) is 0 Å². The molecular formula is C10H10Cl2N2O3. The predicted octanol–water partition coefficient (Wildman–Crippen LogP) is 1.73. The van der Waals surface area contributed by atoms with Crippen LogP contribution in [0.1, 0.15) is 6.42 Å². The van der Waals surface area contributed by atoms with Gasteiger partial charge in [0.1, 0.15) is 6.04 Å². The minimum Gasteiger partial charge on any atom is -0.480 e. The molecule has 0 fully saturated rings. The van der Waals surface area contributed by atoms with Crippen molar-refractivity contribution in [2.24, 2.45) is 5.73 Å². The van der Waals surface area contributed by atoms with E-state index in [9.17, 15) is 9.59 Å². The fourth-order valence-corrected chi connectivity index (χ4v) is 1.42. The standard InChI is InChI=1S/C10H10Cl2N2O3/c11-5-1-2-6(12)8(3-5)14-9(15)4-7(13)10(16)17/h1-3,7H,4,13H2,(H,14,15)(H,16,17). The zero-order chi connectivity index (χ0) is 13.0. The van der Waals surface area contributed by atoms with Crippen LogP contribution in [0.5, 0.6) is 0 Å². The first-order chi connectivity index (χ1) is 7.90. The molecule has 0 aliphatic carbocycles. The molecule has 0 heterocycles. The summed E-state index contributed by atoms with van der Waals surface area (Å²) in [6, 6.07) is 3.32. The highest BCUT2D eigenvalue weighted by Crippen LogP contribution is 2.25. The molecule has 0 bridgehead atoms. The quantitative estimate of drug-likeness (QED) is 0.781. The Hall–Kier alpha value is -1.30. The van der Waals surface area contributed by atoms with Crippen molar-refractivity contribution in [3.05, 3.63) is 28.2 Å². The van der Waals surface area contributed by atoms with Gasteiger partial charge in [-0.3, -0.25) is 9.59 Å². The summed E-state index contributed by atoms with van der Waals surface area (Å²) in [5.41, 5.74) is 5.54. The van der Waals surface area contributed by atoms with Gasteiger partial charge in [0.15, 0.2) is 0 Å². The van der Waals surface area contributed by atoms with Crippen molar-refractivity contribution in [2.45, 2.75) is 12.5 Å². The molecule has 7 heteroatoms. The SMILES string of the molecule is NC(CC(=O)Nc1cc(Cl)ccc1Cl)C(=O)O. The highest BCUT2D eigenvalue weighted by molar-refractivity contribution is 6.35. The second-order valence-corrected chi connectivity index (χ2v) is 4.16. The van der Waals surface area contributed by atoms with Crippen LogP contribution in [0, 0.1) is 0 Å². The van der Waals surface area contributed by atoms with Gasteiger partial charge in [-0.05, 0) is 18.2 Å². The molecule has 1 rings (SSSR count). The number of nitrogens with two attached hydrogens (primary N) is 1. The van der Waals surface area contributed by atoms with Crippen LogP contribution < -0.4 is 11.1 Å². The normalized spacial score (nSPS) is 11.9. The van der Waals surface area contributed by atoms with Crippen molar-refractivity contribution in [3.63, 3.8) is 0 Å². The largest absolute Gasteiger partial charge is 0.480 e. The minimum atomic E-state index is -1.24. The van der Waals surface area contributed by atoms with Crippen molar-refractivity contribution >= 4 is 40.8 Å². The number of rotatable bonds is 4. The molecule has 92 valence electrons. The molecule has 5 nitrogen and oxygen atoms in total. The molecule has 4 N–H and O–H groups in total. The summed E-state index contributed by atoms with van der Waals surface area (Å²) in [5.74, 6) is -1.78. The van der Waals surface area contributed by atoms with Gasteiger partial charge >= 0.3 is 5.97 Å². The van der Waals surface area contributed by atoms with E-state index in [0.29, 0.717) is 15.7 Å². The first-order valence-corrected chi connectivity index (χ1v) is 5.39. The number of halogens is 2. The number of hydrogen-bond donors (Lipinski definition) is 3. The molecule has 1 aromatic rings. The average Bonchev–Trinajstić information content (AvgIpc) is 2.23. The summed E-state index contributed by atoms with van der Waals surface area (Å²) in [6.07, 6.45) is -0.335. The molecule has 0 saturated carbocycles. The number of benzene rings is 1. The van der Waals surface area contributed by atoms with Crippen LogP contribution in [0.2, 0.25) is 10.0 Å². The van der Waals surface area contributed by atoms with Crippen LogP contribution in [-0.4, -0.2) is 23.0 Å². The van der Waals surface area contributed by atoms with E-state index in [-0.39, 0.29) is 6.42 Å². The molecule has 1 aromatic carbocycles. The molecule has 0 aliphatic rings. The first kappa shape index (κ1) is 13.8. The third kappa shape index (κ3) is 4.22. The summed E-state index contributed by atoms with van der Waals surface area (Å²) in [6.45, 7) is 0. The van der Waals surface area contributed by atoms with Gasteiger partial charge in [-0.1, -0.05) is 23.2 Å². The second kappa shape index (κ2) is 5.86. The van der Waals surface area contributed by atoms with Crippen LogP contribution in [0.3, 0.4) is 0 Å². The third-order valence-electron chi connectivity index (χ3n) is 1.93. The Kier molecular flexibility index (Phi) is 4.74. The van der Waals surface area contributed by atoms with Gasteiger partial charge in [0, 0.05) is 5.02 Å². The van der Waals surface area contributed by atoms with Gasteiger partial charge in [-0.15, -0.1) is 0 Å². The Morgan fingerprint density at radius 3 is 2.65 bits per heavy atom. The maximum atomic E-state index is 11.4. The van der Waals surface area contributed by atoms with Crippen LogP contribution in [-0.2, 0) is 9.59 Å². The fourth-order valence-electron chi connectivity index (χ4n) is 1.08. The highest BCUT2D eigenvalue weighted by atomic mass is 35.5. The van der Waals surface area contributed by atoms with E-state index in [2.05, 4.69) is 5.32 Å². The number of aliphatic carboxylic acids is 1. The van der Waals surface area contributed by atoms with E-state index in [4.69, 9.17) is 34.0 Å². The number of carboxylic acid groups (broad SMARTS) is 1. The van der Waals surface area contributed by atoms with Crippen LogP contribution >= 0.6 is 23.2 Å². The van der Waals surface area contributed by atoms with Crippen molar-refractivity contribution in [3.8, 4) is 0 Å². The molecule has 1 amide bonds. The van der Waals surface area contributed by atoms with E-state index in [1.54, 1.807) is 6.07 Å². The number of carbonyl (C=O) groups is 2. The molecule has 1 unspecified atom stereocenters. The van der Waals surface area contributed by atoms with Gasteiger partial charge < -0.3 is 16.2 Å². The summed E-state index contributed by atoms with van der Waals surface area (Å²) < 4.78 is 0. The molecule has 0 aromatic heterocycles. The number of nitrogens with one attached hydrogen (secondary N) is 1. The maximum Gasteiger partial charge on any atom is 0.321 e. The number of carbonyl (C=O) groups excluding carboxylic acids is 1. The Morgan fingerprint density at radius 2 is 2.06 bits per heavy atom. The molecule has 17 heavy (non-hydrogen) atoms. The molecule has 0 aliphatic heterocycles. The summed E-state index contributed by atoms with van der Waals surface area (Å²) in [7, 11) is 0. The Bertz CT molecular complexity index is 451. The van der Waals surface area contributed by atoms with Crippen molar-refractivity contribution in [1.82, 2.24) is 0 Å². The van der Waals surface area contributed by atoms with Gasteiger partial charge in [0.05, 0.1) is 17.1 Å². The number of amides is 1. The van der Waals surface area contributed by atoms with Gasteiger partial charge in [-0.25, -0.2) is 0 Å². The lowest BCUT2D eigenvalue weighted by Crippen LogP contribution is -2.34. The fraction of sp³-hybridized carbons (Fsp3) is 0.200. The van der Waals surface area contributed by atoms with E-state index in [1.165, 1.54) is 12.1 Å². The van der Waals surface area contributed by atoms with Gasteiger partial charge in [0.2, 0.25) is 5.91 Å². The Morgan fingerprint density at radius 1 is 1.41 bits per heavy atom. The van der Waals surface area contributed by atoms with E-state index in [1.807, 2.05) is 0 Å². The summed E-state index contributed by atoms with van der Waals surface area (Å²) in [4.78, 5) is 21.9. The average molecular weight is 277 g/mol. The molecule has 0 saturated heterocycles. The van der Waals surface area contributed by atoms with Crippen molar-refractivity contribution in [1.29, 1.82) is 0 Å². The molecule has 0 radical (unpaired) electrons. The van der Waals surface area contributed by atoms with Crippen LogP contribution in [0.15, 0.2) is 18.2 Å². The lowest BCUT2D eigenvalue weighted by Gasteiger charge is -2.09. The zero-order valence-corrected chi connectivity index (χ0v) is 10.1. The van der Waals surface area contributed by atoms with Gasteiger partial charge in [0.25, 0.3) is 0 Å². The number of hydrogen-bond acceptors (Lipinski definition) is 3. The highest BCUT2D eigenvalue weighted by Gasteiger charge is 2.16. The predicted molar refractivity (Wildman–Crippen MR) is 65.3 cm³/mol. The minimum absolute atomic E-state index is 0.312. The van der Waals surface area contributed by atoms with Crippen molar-refractivity contribution < 1.29 is 14.7 Å². The Balaban J connectivity index is 2.68. The van der Waals surface area contributed by atoms with E-state index < -0.39 is 17.9 Å². The topological polar surface area (TPSA) is 92.4 Å². The monoisotopic (exact) mass is 276 g/mol. The third-order valence-corrected chi connectivity index (χ3v) is 2.49. The molecular weight excluding hydrogens is 267 g/mol. The first-order valence-electron chi connectivity index (χ1n) is 4.63. The number of anilines is 1. The molecule has 1 atom stereocenters.